The van der Waals surface area contributed by atoms with E-state index in [1.165, 1.54) is 12.1 Å². The second kappa shape index (κ2) is 7.43. The smallest absolute Gasteiger partial charge is 0.270 e. The summed E-state index contributed by atoms with van der Waals surface area (Å²) in [5.41, 5.74) is 0.576. The molecule has 3 rings (SSSR count). The monoisotopic (exact) mass is 355 g/mol. The number of methoxy groups -OCH3 is 1. The molecule has 2 aromatic carbocycles. The predicted molar refractivity (Wildman–Crippen MR) is 89.1 cm³/mol. The fourth-order valence-corrected chi connectivity index (χ4v) is 2.21. The van der Waals surface area contributed by atoms with Gasteiger partial charge in [-0.3, -0.25) is 14.9 Å². The van der Waals surface area contributed by atoms with Crippen molar-refractivity contribution < 1.29 is 23.7 Å². The number of nitro benzene ring substituents is 1. The van der Waals surface area contributed by atoms with Crippen LogP contribution < -0.4 is 9.47 Å². The van der Waals surface area contributed by atoms with E-state index in [1.807, 2.05) is 0 Å². The largest absolute Gasteiger partial charge is 0.497 e. The summed E-state index contributed by atoms with van der Waals surface area (Å²) in [6.45, 7) is -0.0877. The van der Waals surface area contributed by atoms with E-state index >= 15 is 0 Å². The summed E-state index contributed by atoms with van der Waals surface area (Å²) in [4.78, 5) is 25.5. The molecule has 0 unspecified atom stereocenters. The molecule has 0 amide bonds. The van der Waals surface area contributed by atoms with Gasteiger partial charge in [0.05, 0.1) is 17.6 Å². The number of nitro groups is 1. The maximum Gasteiger partial charge on any atom is 0.270 e. The molecule has 0 fully saturated rings. The Kier molecular flexibility index (Phi) is 4.88. The number of aldehydes is 1. The van der Waals surface area contributed by atoms with Crippen molar-refractivity contribution in [2.45, 2.75) is 6.61 Å². The van der Waals surface area contributed by atoms with Gasteiger partial charge in [-0.25, -0.2) is 0 Å². The van der Waals surface area contributed by atoms with E-state index in [9.17, 15) is 14.9 Å². The van der Waals surface area contributed by atoms with E-state index in [2.05, 4.69) is 10.1 Å². The van der Waals surface area contributed by atoms with Gasteiger partial charge < -0.3 is 14.0 Å². The van der Waals surface area contributed by atoms with Gasteiger partial charge in [-0.2, -0.15) is 4.98 Å². The molecule has 26 heavy (non-hydrogen) atoms. The van der Waals surface area contributed by atoms with Crippen molar-refractivity contribution in [3.8, 4) is 22.9 Å². The lowest BCUT2D eigenvalue weighted by molar-refractivity contribution is -0.384. The van der Waals surface area contributed by atoms with Crippen LogP contribution >= 0.6 is 0 Å². The number of nitrogens with zero attached hydrogens (tertiary/aromatic N) is 3. The van der Waals surface area contributed by atoms with Gasteiger partial charge in [0.2, 0.25) is 5.82 Å². The third-order valence-electron chi connectivity index (χ3n) is 3.48. The van der Waals surface area contributed by atoms with Crippen molar-refractivity contribution in [1.82, 2.24) is 10.1 Å². The van der Waals surface area contributed by atoms with Crippen LogP contribution in [0.2, 0.25) is 0 Å². The van der Waals surface area contributed by atoms with Crippen molar-refractivity contribution in [3.05, 3.63) is 64.0 Å². The molecule has 0 aliphatic heterocycles. The molecule has 0 N–H and O–H groups in total. The predicted octanol–water partition coefficient (Wildman–Crippen LogP) is 3.04. The fraction of sp³-hybridized carbons (Fsp3) is 0.118. The van der Waals surface area contributed by atoms with E-state index in [0.717, 1.165) is 6.07 Å². The lowest BCUT2D eigenvalue weighted by Crippen LogP contribution is -1.99. The van der Waals surface area contributed by atoms with Crippen LogP contribution in [0.3, 0.4) is 0 Å². The number of ether oxygens (including phenoxy) is 2. The van der Waals surface area contributed by atoms with Gasteiger partial charge in [-0.05, 0) is 18.2 Å². The SMILES string of the molecule is COc1cccc(-c2noc(COc3ccc([N+](=O)[O-])cc3C=O)n2)c1. The molecule has 3 aromatic rings. The van der Waals surface area contributed by atoms with Gasteiger partial charge in [0.1, 0.15) is 11.5 Å². The van der Waals surface area contributed by atoms with Crippen molar-refractivity contribution in [1.29, 1.82) is 0 Å². The lowest BCUT2D eigenvalue weighted by Gasteiger charge is -2.05. The van der Waals surface area contributed by atoms with Crippen LogP contribution in [0.5, 0.6) is 11.5 Å². The Morgan fingerprint density at radius 1 is 1.27 bits per heavy atom. The first kappa shape index (κ1) is 17.1. The van der Waals surface area contributed by atoms with Crippen molar-refractivity contribution >= 4 is 12.0 Å². The van der Waals surface area contributed by atoms with Crippen LogP contribution in [-0.4, -0.2) is 28.5 Å². The van der Waals surface area contributed by atoms with Crippen LogP contribution in [0.15, 0.2) is 47.0 Å². The molecule has 1 heterocycles. The zero-order chi connectivity index (χ0) is 18.5. The number of hydrogen-bond donors (Lipinski definition) is 0. The minimum Gasteiger partial charge on any atom is -0.497 e. The minimum absolute atomic E-state index is 0.0618. The summed E-state index contributed by atoms with van der Waals surface area (Å²) in [6.07, 6.45) is 0.484. The molecule has 0 aliphatic rings. The van der Waals surface area contributed by atoms with Crippen molar-refractivity contribution in [2.24, 2.45) is 0 Å². The number of non-ortho nitro benzene ring substituents is 1. The number of rotatable bonds is 7. The Morgan fingerprint density at radius 3 is 2.85 bits per heavy atom. The highest BCUT2D eigenvalue weighted by Gasteiger charge is 2.14. The summed E-state index contributed by atoms with van der Waals surface area (Å²) < 4.78 is 15.7. The third kappa shape index (κ3) is 3.66. The van der Waals surface area contributed by atoms with E-state index < -0.39 is 4.92 Å². The molecule has 132 valence electrons. The molecule has 0 saturated heterocycles. The maximum atomic E-state index is 11.1. The Balaban J connectivity index is 1.74. The molecule has 9 heteroatoms. The van der Waals surface area contributed by atoms with Gasteiger partial charge in [0.15, 0.2) is 12.9 Å². The van der Waals surface area contributed by atoms with Crippen LogP contribution in [0.25, 0.3) is 11.4 Å². The van der Waals surface area contributed by atoms with E-state index in [-0.39, 0.29) is 29.5 Å². The molecule has 0 atom stereocenters. The molecule has 0 radical (unpaired) electrons. The third-order valence-corrected chi connectivity index (χ3v) is 3.48. The summed E-state index contributed by atoms with van der Waals surface area (Å²) in [7, 11) is 1.56. The number of benzene rings is 2. The van der Waals surface area contributed by atoms with Crippen LogP contribution in [-0.2, 0) is 6.61 Å². The van der Waals surface area contributed by atoms with Crippen molar-refractivity contribution in [3.63, 3.8) is 0 Å². The number of hydrogen-bond acceptors (Lipinski definition) is 8. The summed E-state index contributed by atoms with van der Waals surface area (Å²) in [5, 5.41) is 14.6. The molecular formula is C17H13N3O6. The second-order valence-corrected chi connectivity index (χ2v) is 5.13. The highest BCUT2D eigenvalue weighted by atomic mass is 16.6. The molecule has 0 bridgehead atoms. The molecule has 0 saturated carbocycles. The average molecular weight is 355 g/mol. The van der Waals surface area contributed by atoms with Crippen LogP contribution in [0.1, 0.15) is 16.2 Å². The van der Waals surface area contributed by atoms with Gasteiger partial charge in [-0.1, -0.05) is 17.3 Å². The Labute approximate surface area is 147 Å². The first-order valence-electron chi connectivity index (χ1n) is 7.44. The van der Waals surface area contributed by atoms with Gasteiger partial charge in [0, 0.05) is 17.7 Å². The molecule has 0 aliphatic carbocycles. The average Bonchev–Trinajstić information content (AvgIpc) is 3.15. The van der Waals surface area contributed by atoms with E-state index in [0.29, 0.717) is 23.4 Å². The van der Waals surface area contributed by atoms with Crippen LogP contribution in [0.4, 0.5) is 5.69 Å². The molecule has 9 nitrogen and oxygen atoms in total. The highest BCUT2D eigenvalue weighted by molar-refractivity contribution is 5.80. The van der Waals surface area contributed by atoms with Gasteiger partial charge in [-0.15, -0.1) is 0 Å². The standard InChI is InChI=1S/C17H13N3O6/c1-24-14-4-2-3-11(8-14)17-18-16(26-19-17)10-25-15-6-5-13(20(22)23)7-12(15)9-21/h2-9H,10H2,1H3. The highest BCUT2D eigenvalue weighted by Crippen LogP contribution is 2.24. The Morgan fingerprint density at radius 2 is 2.12 bits per heavy atom. The quantitative estimate of drug-likeness (QED) is 0.360. The minimum atomic E-state index is -0.588. The van der Waals surface area contributed by atoms with E-state index in [1.54, 1.807) is 31.4 Å². The lowest BCUT2D eigenvalue weighted by atomic mass is 10.2. The van der Waals surface area contributed by atoms with Crippen molar-refractivity contribution in [2.75, 3.05) is 7.11 Å². The molecule has 1 aromatic heterocycles. The summed E-state index contributed by atoms with van der Waals surface area (Å²) in [6, 6.07) is 10.9. The van der Waals surface area contributed by atoms with Gasteiger partial charge >= 0.3 is 0 Å². The molecule has 0 spiro atoms. The normalized spacial score (nSPS) is 10.3. The fourth-order valence-electron chi connectivity index (χ4n) is 2.21. The Hall–Kier alpha value is -3.75. The van der Waals surface area contributed by atoms with E-state index in [4.69, 9.17) is 14.0 Å². The first-order valence-corrected chi connectivity index (χ1v) is 7.44. The molecular weight excluding hydrogens is 342 g/mol. The zero-order valence-electron chi connectivity index (χ0n) is 13.6. The summed E-state index contributed by atoms with van der Waals surface area (Å²) in [5.74, 6) is 1.40. The van der Waals surface area contributed by atoms with Gasteiger partial charge in [0.25, 0.3) is 11.6 Å². The van der Waals surface area contributed by atoms with Crippen LogP contribution in [0, 0.1) is 10.1 Å². The number of aromatic nitrogens is 2. The summed E-state index contributed by atoms with van der Waals surface area (Å²) >= 11 is 0. The second-order valence-electron chi connectivity index (χ2n) is 5.13. The Bertz CT molecular complexity index is 953. The first-order chi connectivity index (χ1) is 12.6. The number of carbonyl (C=O) groups is 1. The number of carbonyl (C=O) groups excluding carboxylic acids is 1. The zero-order valence-corrected chi connectivity index (χ0v) is 13.6. The maximum absolute atomic E-state index is 11.1. The topological polar surface area (TPSA) is 118 Å².